The largest absolute Gasteiger partial charge is 0.482 e. The summed E-state index contributed by atoms with van der Waals surface area (Å²) in [7, 11) is 1.69. The molecule has 148 valence electrons. The maximum absolute atomic E-state index is 12.1. The van der Waals surface area contributed by atoms with Gasteiger partial charge < -0.3 is 25.4 Å². The number of aliphatic hydroxyl groups excluding tert-OH is 1. The minimum absolute atomic E-state index is 0.0327. The Balaban J connectivity index is 1.44. The van der Waals surface area contributed by atoms with E-state index in [1.54, 1.807) is 25.2 Å². The summed E-state index contributed by atoms with van der Waals surface area (Å²) in [6, 6.07) is 5.20. The quantitative estimate of drug-likeness (QED) is 0.653. The summed E-state index contributed by atoms with van der Waals surface area (Å²) < 4.78 is 5.38. The molecule has 2 aliphatic rings. The molecule has 2 heterocycles. The third kappa shape index (κ3) is 4.90. The molecule has 0 saturated carbocycles. The van der Waals surface area contributed by atoms with Gasteiger partial charge in [0, 0.05) is 31.9 Å². The maximum atomic E-state index is 12.1. The zero-order chi connectivity index (χ0) is 19.2. The number of aliphatic hydroxyl groups is 1. The van der Waals surface area contributed by atoms with Crippen LogP contribution in [-0.4, -0.2) is 67.9 Å². The standard InChI is InChI=1S/C19H28N4O4/c1-22-16-11-14(6-7-17(16)27-13-18(22)25)21-19(26)20-8-4-10-23-9-3-2-5-15(23)12-24/h6-7,11,15,24H,2-5,8-10,12-13H2,1H3,(H2,20,21,26)/t15-/m0/s1. The molecule has 0 unspecified atom stereocenters. The summed E-state index contributed by atoms with van der Waals surface area (Å²) >= 11 is 0. The van der Waals surface area contributed by atoms with E-state index < -0.39 is 0 Å². The SMILES string of the molecule is CN1C(=O)COc2ccc(NC(=O)NCCCN3CCCC[C@H]3CO)cc21. The molecular weight excluding hydrogens is 348 g/mol. The number of likely N-dealkylation sites (tertiary alicyclic amines) is 1. The van der Waals surface area contributed by atoms with E-state index in [1.807, 2.05) is 0 Å². The van der Waals surface area contributed by atoms with Crippen molar-refractivity contribution in [1.82, 2.24) is 10.2 Å². The number of hydrogen-bond acceptors (Lipinski definition) is 5. The highest BCUT2D eigenvalue weighted by Gasteiger charge is 2.23. The van der Waals surface area contributed by atoms with E-state index in [4.69, 9.17) is 4.74 Å². The fourth-order valence-corrected chi connectivity index (χ4v) is 3.57. The van der Waals surface area contributed by atoms with Crippen LogP contribution in [0.15, 0.2) is 18.2 Å². The van der Waals surface area contributed by atoms with E-state index in [9.17, 15) is 14.7 Å². The average Bonchev–Trinajstić information content (AvgIpc) is 2.69. The van der Waals surface area contributed by atoms with Gasteiger partial charge in [0.15, 0.2) is 6.61 Å². The fraction of sp³-hybridized carbons (Fsp3) is 0.579. The lowest BCUT2D eigenvalue weighted by atomic mass is 10.0. The van der Waals surface area contributed by atoms with Gasteiger partial charge in [-0.1, -0.05) is 6.42 Å². The first-order valence-corrected chi connectivity index (χ1v) is 9.51. The molecule has 0 aliphatic carbocycles. The third-order valence-electron chi connectivity index (χ3n) is 5.17. The lowest BCUT2D eigenvalue weighted by Gasteiger charge is -2.34. The summed E-state index contributed by atoms with van der Waals surface area (Å²) in [5.41, 5.74) is 1.25. The molecule has 3 rings (SSSR count). The van der Waals surface area contributed by atoms with Crippen molar-refractivity contribution in [3.05, 3.63) is 18.2 Å². The molecular formula is C19H28N4O4. The van der Waals surface area contributed by atoms with E-state index >= 15 is 0 Å². The zero-order valence-corrected chi connectivity index (χ0v) is 15.7. The molecule has 8 nitrogen and oxygen atoms in total. The van der Waals surface area contributed by atoms with Crippen LogP contribution >= 0.6 is 0 Å². The molecule has 2 aliphatic heterocycles. The van der Waals surface area contributed by atoms with Crippen molar-refractivity contribution in [1.29, 1.82) is 0 Å². The van der Waals surface area contributed by atoms with E-state index in [0.717, 1.165) is 25.9 Å². The number of carbonyl (C=O) groups is 2. The Bertz CT molecular complexity index is 682. The molecule has 0 aromatic heterocycles. The van der Waals surface area contributed by atoms with Crippen LogP contribution in [-0.2, 0) is 4.79 Å². The van der Waals surface area contributed by atoms with Gasteiger partial charge in [0.1, 0.15) is 5.75 Å². The van der Waals surface area contributed by atoms with E-state index in [-0.39, 0.29) is 31.2 Å². The average molecular weight is 376 g/mol. The second kappa shape index (κ2) is 9.05. The van der Waals surface area contributed by atoms with Crippen LogP contribution in [0.5, 0.6) is 5.75 Å². The van der Waals surface area contributed by atoms with E-state index in [2.05, 4.69) is 15.5 Å². The van der Waals surface area contributed by atoms with Crippen molar-refractivity contribution in [2.75, 3.05) is 50.1 Å². The highest BCUT2D eigenvalue weighted by molar-refractivity contribution is 5.99. The molecule has 1 fully saturated rings. The van der Waals surface area contributed by atoms with Crippen LogP contribution < -0.4 is 20.3 Å². The Morgan fingerprint density at radius 1 is 1.37 bits per heavy atom. The molecule has 1 aromatic carbocycles. The molecule has 0 radical (unpaired) electrons. The van der Waals surface area contributed by atoms with Gasteiger partial charge in [-0.2, -0.15) is 0 Å². The van der Waals surface area contributed by atoms with Crippen LogP contribution in [0.1, 0.15) is 25.7 Å². The van der Waals surface area contributed by atoms with Crippen LogP contribution in [0.3, 0.4) is 0 Å². The van der Waals surface area contributed by atoms with E-state index in [1.165, 1.54) is 17.7 Å². The van der Waals surface area contributed by atoms with Crippen LogP contribution in [0, 0.1) is 0 Å². The number of hydrogen-bond donors (Lipinski definition) is 3. The molecule has 0 spiro atoms. The van der Waals surface area contributed by atoms with Gasteiger partial charge in [-0.25, -0.2) is 4.79 Å². The molecule has 27 heavy (non-hydrogen) atoms. The molecule has 1 atom stereocenters. The van der Waals surface area contributed by atoms with E-state index in [0.29, 0.717) is 23.7 Å². The number of piperidine rings is 1. The summed E-state index contributed by atoms with van der Waals surface area (Å²) in [4.78, 5) is 27.7. The Hall–Kier alpha value is -2.32. The van der Waals surface area contributed by atoms with Gasteiger partial charge >= 0.3 is 6.03 Å². The number of fused-ring (bicyclic) bond motifs is 1. The number of benzene rings is 1. The Morgan fingerprint density at radius 2 is 2.22 bits per heavy atom. The fourth-order valence-electron chi connectivity index (χ4n) is 3.57. The van der Waals surface area contributed by atoms with Crippen molar-refractivity contribution >= 4 is 23.3 Å². The summed E-state index contributed by atoms with van der Waals surface area (Å²) in [6.07, 6.45) is 4.22. The van der Waals surface area contributed by atoms with Crippen LogP contribution in [0.2, 0.25) is 0 Å². The Morgan fingerprint density at radius 3 is 3.04 bits per heavy atom. The lowest BCUT2D eigenvalue weighted by molar-refractivity contribution is -0.120. The normalized spacial score (nSPS) is 20.0. The number of nitrogens with zero attached hydrogens (tertiary/aromatic N) is 2. The molecule has 1 saturated heterocycles. The summed E-state index contributed by atoms with van der Waals surface area (Å²) in [5.74, 6) is 0.506. The monoisotopic (exact) mass is 376 g/mol. The van der Waals surface area contributed by atoms with Crippen LogP contribution in [0.25, 0.3) is 0 Å². The highest BCUT2D eigenvalue weighted by atomic mass is 16.5. The topological polar surface area (TPSA) is 94.1 Å². The molecule has 3 amide bonds. The van der Waals surface area contributed by atoms with Crippen molar-refractivity contribution in [2.45, 2.75) is 31.7 Å². The molecule has 3 N–H and O–H groups in total. The molecule has 1 aromatic rings. The predicted molar refractivity (Wildman–Crippen MR) is 103 cm³/mol. The predicted octanol–water partition coefficient (Wildman–Crippen LogP) is 1.40. The number of likely N-dealkylation sites (N-methyl/N-ethyl adjacent to an activating group) is 1. The minimum Gasteiger partial charge on any atom is -0.482 e. The van der Waals surface area contributed by atoms with Gasteiger partial charge in [-0.3, -0.25) is 9.69 Å². The zero-order valence-electron chi connectivity index (χ0n) is 15.7. The van der Waals surface area contributed by atoms with Gasteiger partial charge in [-0.05, 0) is 44.0 Å². The maximum Gasteiger partial charge on any atom is 0.319 e. The number of rotatable bonds is 6. The summed E-state index contributed by atoms with van der Waals surface area (Å²) in [6.45, 7) is 2.68. The van der Waals surface area contributed by atoms with Crippen molar-refractivity contribution < 1.29 is 19.4 Å². The van der Waals surface area contributed by atoms with Crippen molar-refractivity contribution in [3.63, 3.8) is 0 Å². The van der Waals surface area contributed by atoms with Gasteiger partial charge in [0.2, 0.25) is 0 Å². The van der Waals surface area contributed by atoms with Gasteiger partial charge in [0.05, 0.1) is 12.3 Å². The van der Waals surface area contributed by atoms with Gasteiger partial charge in [0.25, 0.3) is 5.91 Å². The number of carbonyl (C=O) groups excluding carboxylic acids is 2. The Labute approximate surface area is 159 Å². The minimum atomic E-state index is -0.280. The second-order valence-electron chi connectivity index (χ2n) is 7.03. The molecule has 0 bridgehead atoms. The first-order chi connectivity index (χ1) is 13.1. The lowest BCUT2D eigenvalue weighted by Crippen LogP contribution is -2.43. The number of amides is 3. The third-order valence-corrected chi connectivity index (χ3v) is 5.17. The Kier molecular flexibility index (Phi) is 6.52. The number of anilines is 2. The number of urea groups is 1. The van der Waals surface area contributed by atoms with Gasteiger partial charge in [-0.15, -0.1) is 0 Å². The summed E-state index contributed by atoms with van der Waals surface area (Å²) in [5, 5.41) is 15.1. The van der Waals surface area contributed by atoms with Crippen molar-refractivity contribution in [3.8, 4) is 5.75 Å². The van der Waals surface area contributed by atoms with Crippen LogP contribution in [0.4, 0.5) is 16.2 Å². The smallest absolute Gasteiger partial charge is 0.319 e. The highest BCUT2D eigenvalue weighted by Crippen LogP contribution is 2.33. The van der Waals surface area contributed by atoms with Crippen molar-refractivity contribution in [2.24, 2.45) is 0 Å². The number of ether oxygens (including phenoxy) is 1. The number of nitrogens with one attached hydrogen (secondary N) is 2. The second-order valence-corrected chi connectivity index (χ2v) is 7.03. The molecule has 8 heteroatoms. The first-order valence-electron chi connectivity index (χ1n) is 9.51. The first kappa shape index (κ1) is 19.4.